The molecule has 0 spiro atoms. The van der Waals surface area contributed by atoms with E-state index in [0.717, 1.165) is 48.7 Å². The van der Waals surface area contributed by atoms with Crippen LogP contribution >= 0.6 is 0 Å². The summed E-state index contributed by atoms with van der Waals surface area (Å²) in [5.74, 6) is 1.42. The first-order valence-corrected chi connectivity index (χ1v) is 10.4. The molecule has 0 amide bonds. The van der Waals surface area contributed by atoms with Crippen molar-refractivity contribution in [2.45, 2.75) is 13.8 Å². The first-order valence-electron chi connectivity index (χ1n) is 10.4. The number of benzene rings is 2. The zero-order chi connectivity index (χ0) is 22.5. The van der Waals surface area contributed by atoms with Gasteiger partial charge in [-0.1, -0.05) is 0 Å². The van der Waals surface area contributed by atoms with Crippen molar-refractivity contribution < 1.29 is 4.74 Å². The molecule has 2 aromatic carbocycles. The highest BCUT2D eigenvalue weighted by atomic mass is 16.5. The van der Waals surface area contributed by atoms with Crippen molar-refractivity contribution in [2.24, 2.45) is 0 Å². The number of nitriles is 2. The van der Waals surface area contributed by atoms with Gasteiger partial charge in [0.1, 0.15) is 11.8 Å². The molecule has 8 nitrogen and oxygen atoms in total. The van der Waals surface area contributed by atoms with Crippen LogP contribution in [0.4, 0.5) is 17.3 Å². The van der Waals surface area contributed by atoms with Crippen LogP contribution in [0.1, 0.15) is 22.3 Å². The molecule has 1 aromatic heterocycles. The van der Waals surface area contributed by atoms with Gasteiger partial charge in [-0.15, -0.1) is 0 Å². The lowest BCUT2D eigenvalue weighted by atomic mass is 10.1. The van der Waals surface area contributed by atoms with E-state index in [1.165, 1.54) is 0 Å². The molecule has 1 fully saturated rings. The lowest BCUT2D eigenvalue weighted by Gasteiger charge is -2.30. The van der Waals surface area contributed by atoms with Crippen LogP contribution in [0.2, 0.25) is 0 Å². The number of aryl methyl sites for hydroxylation is 2. The second-order valence-electron chi connectivity index (χ2n) is 7.58. The largest absolute Gasteiger partial charge is 0.438 e. The van der Waals surface area contributed by atoms with Gasteiger partial charge in [-0.25, -0.2) is 4.98 Å². The highest BCUT2D eigenvalue weighted by molar-refractivity contribution is 5.67. The topological polar surface area (TPSA) is 110 Å². The molecule has 0 unspecified atom stereocenters. The van der Waals surface area contributed by atoms with Crippen LogP contribution in [0.25, 0.3) is 0 Å². The molecule has 8 heteroatoms. The summed E-state index contributed by atoms with van der Waals surface area (Å²) in [5.41, 5.74) is 4.57. The average Bonchev–Trinajstić information content (AvgIpc) is 2.82. The third-order valence-electron chi connectivity index (χ3n) is 5.26. The van der Waals surface area contributed by atoms with Crippen LogP contribution in [0, 0.1) is 36.5 Å². The number of rotatable bonds is 5. The monoisotopic (exact) mass is 425 g/mol. The van der Waals surface area contributed by atoms with E-state index < -0.39 is 0 Å². The molecule has 4 rings (SSSR count). The molecule has 3 aromatic rings. The summed E-state index contributed by atoms with van der Waals surface area (Å²) in [5, 5.41) is 25.2. The van der Waals surface area contributed by atoms with Gasteiger partial charge in [-0.05, 0) is 55.3 Å². The van der Waals surface area contributed by atoms with E-state index in [4.69, 9.17) is 10.00 Å². The minimum absolute atomic E-state index is 0.366. The lowest BCUT2D eigenvalue weighted by Crippen LogP contribution is -2.43. The third kappa shape index (κ3) is 4.61. The second kappa shape index (κ2) is 9.34. The maximum absolute atomic E-state index is 9.65. The van der Waals surface area contributed by atoms with Gasteiger partial charge in [0.05, 0.1) is 22.9 Å². The maximum atomic E-state index is 9.65. The Hall–Kier alpha value is -4.14. The van der Waals surface area contributed by atoms with Crippen molar-refractivity contribution in [1.82, 2.24) is 15.3 Å². The second-order valence-corrected chi connectivity index (χ2v) is 7.58. The number of ether oxygens (including phenoxy) is 1. The van der Waals surface area contributed by atoms with Gasteiger partial charge in [-0.2, -0.15) is 15.5 Å². The predicted octanol–water partition coefficient (Wildman–Crippen LogP) is 3.78. The number of anilines is 3. The van der Waals surface area contributed by atoms with Crippen LogP contribution in [-0.4, -0.2) is 36.1 Å². The van der Waals surface area contributed by atoms with Gasteiger partial charge in [0.25, 0.3) is 0 Å². The number of piperazine rings is 1. The fourth-order valence-corrected chi connectivity index (χ4v) is 3.75. The Morgan fingerprint density at radius 1 is 1.03 bits per heavy atom. The molecule has 160 valence electrons. The first-order chi connectivity index (χ1) is 15.6. The minimum Gasteiger partial charge on any atom is -0.438 e. The van der Waals surface area contributed by atoms with Crippen LogP contribution < -0.4 is 20.3 Å². The third-order valence-corrected chi connectivity index (χ3v) is 5.26. The van der Waals surface area contributed by atoms with Gasteiger partial charge in [-0.3, -0.25) is 0 Å². The van der Waals surface area contributed by atoms with E-state index in [-0.39, 0.29) is 0 Å². The van der Waals surface area contributed by atoms with Gasteiger partial charge >= 0.3 is 0 Å². The van der Waals surface area contributed by atoms with Crippen molar-refractivity contribution in [2.75, 3.05) is 36.4 Å². The molecule has 2 N–H and O–H groups in total. The van der Waals surface area contributed by atoms with E-state index in [0.29, 0.717) is 28.7 Å². The fraction of sp³-hybridized carbons (Fsp3) is 0.250. The summed E-state index contributed by atoms with van der Waals surface area (Å²) in [6.45, 7) is 7.35. The summed E-state index contributed by atoms with van der Waals surface area (Å²) in [6.07, 6.45) is 1.61. The highest BCUT2D eigenvalue weighted by Gasteiger charge is 2.15. The molecule has 0 aliphatic carbocycles. The summed E-state index contributed by atoms with van der Waals surface area (Å²) in [7, 11) is 0. The molecule has 0 bridgehead atoms. The molecule has 32 heavy (non-hydrogen) atoms. The number of hydrogen-bond acceptors (Lipinski definition) is 8. The summed E-state index contributed by atoms with van der Waals surface area (Å²) < 4.78 is 6.00. The Labute approximate surface area is 187 Å². The van der Waals surface area contributed by atoms with E-state index in [1.54, 1.807) is 24.4 Å². The van der Waals surface area contributed by atoms with Gasteiger partial charge in [0.15, 0.2) is 0 Å². The maximum Gasteiger partial charge on any atom is 0.230 e. The summed E-state index contributed by atoms with van der Waals surface area (Å²) in [4.78, 5) is 10.9. The molecular formula is C24H23N7O. The van der Waals surface area contributed by atoms with E-state index in [2.05, 4.69) is 37.6 Å². The van der Waals surface area contributed by atoms with E-state index >= 15 is 0 Å². The molecule has 0 atom stereocenters. The zero-order valence-corrected chi connectivity index (χ0v) is 18.0. The molecule has 1 saturated heterocycles. The van der Waals surface area contributed by atoms with Crippen molar-refractivity contribution in [3.63, 3.8) is 0 Å². The smallest absolute Gasteiger partial charge is 0.230 e. The Morgan fingerprint density at radius 2 is 1.78 bits per heavy atom. The van der Waals surface area contributed by atoms with Crippen molar-refractivity contribution in [3.8, 4) is 23.8 Å². The average molecular weight is 425 g/mol. The van der Waals surface area contributed by atoms with Crippen LogP contribution in [0.5, 0.6) is 11.6 Å². The Bertz CT molecular complexity index is 1200. The molecule has 0 radical (unpaired) electrons. The lowest BCUT2D eigenvalue weighted by molar-refractivity contribution is 0.455. The SMILES string of the molecule is Cc1cc(C#N)cc(C)c1Oc1ccnc(Nc2ccc(N3CCNCC3)c(C#N)c2)n1. The number of aromatic nitrogens is 2. The molecule has 1 aliphatic heterocycles. The van der Waals surface area contributed by atoms with E-state index in [1.807, 2.05) is 32.0 Å². The quantitative estimate of drug-likeness (QED) is 0.635. The molecule has 0 saturated carbocycles. The number of nitrogens with zero attached hydrogens (tertiary/aromatic N) is 5. The fourth-order valence-electron chi connectivity index (χ4n) is 3.75. The Morgan fingerprint density at radius 3 is 2.47 bits per heavy atom. The van der Waals surface area contributed by atoms with Gasteiger partial charge < -0.3 is 20.3 Å². The summed E-state index contributed by atoms with van der Waals surface area (Å²) in [6, 6.07) is 15.4. The molecular weight excluding hydrogens is 402 g/mol. The predicted molar refractivity (Wildman–Crippen MR) is 122 cm³/mol. The van der Waals surface area contributed by atoms with Crippen molar-refractivity contribution >= 4 is 17.3 Å². The standard InChI is InChI=1S/C24H23N7O/c1-16-11-18(14-25)12-17(2)23(16)32-22-5-6-28-24(30-22)29-20-3-4-21(19(13-20)15-26)31-9-7-27-8-10-31/h3-6,11-13,27H,7-10H2,1-2H3,(H,28,29,30). The number of hydrogen-bond donors (Lipinski definition) is 2. The van der Waals surface area contributed by atoms with Crippen LogP contribution in [0.15, 0.2) is 42.6 Å². The van der Waals surface area contributed by atoms with Gasteiger partial charge in [0, 0.05) is 44.1 Å². The first kappa shape index (κ1) is 21.1. The molecule has 1 aliphatic rings. The van der Waals surface area contributed by atoms with Crippen LogP contribution in [0.3, 0.4) is 0 Å². The summed E-state index contributed by atoms with van der Waals surface area (Å²) >= 11 is 0. The minimum atomic E-state index is 0.366. The Kier molecular flexibility index (Phi) is 6.16. The molecule has 2 heterocycles. The van der Waals surface area contributed by atoms with Crippen LogP contribution in [-0.2, 0) is 0 Å². The zero-order valence-electron chi connectivity index (χ0n) is 18.0. The Balaban J connectivity index is 1.53. The van der Waals surface area contributed by atoms with Gasteiger partial charge in [0.2, 0.25) is 11.8 Å². The highest BCUT2D eigenvalue weighted by Crippen LogP contribution is 2.30. The van der Waals surface area contributed by atoms with Crippen molar-refractivity contribution in [3.05, 3.63) is 64.8 Å². The normalized spacial score (nSPS) is 13.2. The van der Waals surface area contributed by atoms with Crippen molar-refractivity contribution in [1.29, 1.82) is 10.5 Å². The van der Waals surface area contributed by atoms with E-state index in [9.17, 15) is 5.26 Å². The number of nitrogens with one attached hydrogen (secondary N) is 2.